The van der Waals surface area contributed by atoms with Gasteiger partial charge in [-0.3, -0.25) is 4.98 Å². The van der Waals surface area contributed by atoms with Gasteiger partial charge in [-0.15, -0.1) is 0 Å². The van der Waals surface area contributed by atoms with E-state index in [1.165, 1.54) is 0 Å². The lowest BCUT2D eigenvalue weighted by molar-refractivity contribution is 0.106. The highest BCUT2D eigenvalue weighted by Gasteiger charge is 2.18. The number of nitrogens with one attached hydrogen (secondary N) is 1. The lowest BCUT2D eigenvalue weighted by Crippen LogP contribution is -2.37. The monoisotopic (exact) mass is 286 g/mol. The van der Waals surface area contributed by atoms with E-state index >= 15 is 0 Å². The van der Waals surface area contributed by atoms with E-state index < -0.39 is 18.2 Å². The van der Waals surface area contributed by atoms with E-state index in [1.807, 2.05) is 30.3 Å². The second-order valence-corrected chi connectivity index (χ2v) is 4.72. The van der Waals surface area contributed by atoms with E-state index in [2.05, 4.69) is 10.3 Å². The van der Waals surface area contributed by atoms with Crippen molar-refractivity contribution in [1.82, 2.24) is 10.3 Å². The number of aliphatic hydroxyl groups is 1. The number of carbonyl (C=O) groups is 1. The van der Waals surface area contributed by atoms with Crippen LogP contribution in [0.25, 0.3) is 0 Å². The minimum Gasteiger partial charge on any atom is -0.445 e. The number of alkyl carbamates (subject to hydrolysis) is 1. The van der Waals surface area contributed by atoms with Crippen LogP contribution in [0.5, 0.6) is 0 Å². The Bertz CT molecular complexity index is 560. The molecule has 0 fully saturated rings. The summed E-state index contributed by atoms with van der Waals surface area (Å²) >= 11 is 0. The molecular formula is C16H18N2O3. The molecule has 0 aliphatic carbocycles. The second-order valence-electron chi connectivity index (χ2n) is 4.72. The molecule has 0 spiro atoms. The average Bonchev–Trinajstić information content (AvgIpc) is 2.54. The zero-order valence-corrected chi connectivity index (χ0v) is 11.8. The van der Waals surface area contributed by atoms with Crippen molar-refractivity contribution in [2.45, 2.75) is 25.7 Å². The van der Waals surface area contributed by atoms with E-state index in [-0.39, 0.29) is 6.61 Å². The highest BCUT2D eigenvalue weighted by Crippen LogP contribution is 2.15. The number of hydrogen-bond acceptors (Lipinski definition) is 4. The van der Waals surface area contributed by atoms with Crippen molar-refractivity contribution in [2.24, 2.45) is 0 Å². The van der Waals surface area contributed by atoms with Gasteiger partial charge in [0, 0.05) is 12.4 Å². The normalized spacial score (nSPS) is 13.2. The predicted octanol–water partition coefficient (Wildman–Crippen LogP) is 2.43. The summed E-state index contributed by atoms with van der Waals surface area (Å²) in [6.07, 6.45) is 1.83. The van der Waals surface area contributed by atoms with Crippen LogP contribution in [0, 0.1) is 0 Å². The summed E-state index contributed by atoms with van der Waals surface area (Å²) in [5.41, 5.74) is 1.61. The van der Waals surface area contributed by atoms with Crippen LogP contribution in [0.4, 0.5) is 4.79 Å². The maximum atomic E-state index is 11.7. The molecule has 2 rings (SSSR count). The number of rotatable bonds is 5. The Morgan fingerprint density at radius 2 is 1.90 bits per heavy atom. The highest BCUT2D eigenvalue weighted by atomic mass is 16.5. The molecule has 2 unspecified atom stereocenters. The minimum absolute atomic E-state index is 0.199. The smallest absolute Gasteiger partial charge is 0.407 e. The number of nitrogens with zero attached hydrogens (tertiary/aromatic N) is 1. The van der Waals surface area contributed by atoms with Crippen LogP contribution >= 0.6 is 0 Å². The predicted molar refractivity (Wildman–Crippen MR) is 78.4 cm³/mol. The third-order valence-corrected chi connectivity index (χ3v) is 3.08. The van der Waals surface area contributed by atoms with Gasteiger partial charge in [0.1, 0.15) is 6.61 Å². The molecule has 2 aromatic rings. The van der Waals surface area contributed by atoms with Crippen LogP contribution in [0.3, 0.4) is 0 Å². The first kappa shape index (κ1) is 15.0. The molecule has 1 heterocycles. The molecule has 1 amide bonds. The van der Waals surface area contributed by atoms with Gasteiger partial charge in [0.15, 0.2) is 0 Å². The fourth-order valence-electron chi connectivity index (χ4n) is 1.88. The zero-order valence-electron chi connectivity index (χ0n) is 11.8. The number of amides is 1. The maximum Gasteiger partial charge on any atom is 0.407 e. The number of pyridine rings is 1. The molecule has 2 N–H and O–H groups in total. The van der Waals surface area contributed by atoms with Gasteiger partial charge in [0.05, 0.1) is 12.1 Å². The minimum atomic E-state index is -0.808. The van der Waals surface area contributed by atoms with Crippen LogP contribution in [-0.2, 0) is 11.3 Å². The van der Waals surface area contributed by atoms with Crippen molar-refractivity contribution < 1.29 is 14.6 Å². The number of aromatic nitrogens is 1. The van der Waals surface area contributed by atoms with E-state index in [0.717, 1.165) is 5.56 Å². The highest BCUT2D eigenvalue weighted by molar-refractivity contribution is 5.67. The average molecular weight is 286 g/mol. The molecule has 110 valence electrons. The number of carbonyl (C=O) groups excluding carboxylic acids is 1. The molecule has 0 radical (unpaired) electrons. The van der Waals surface area contributed by atoms with E-state index in [4.69, 9.17) is 4.74 Å². The fourth-order valence-corrected chi connectivity index (χ4v) is 1.88. The first-order valence-corrected chi connectivity index (χ1v) is 6.72. The molecule has 0 saturated heterocycles. The fraction of sp³-hybridized carbons (Fsp3) is 0.250. The van der Waals surface area contributed by atoms with E-state index in [9.17, 15) is 9.90 Å². The van der Waals surface area contributed by atoms with Crippen LogP contribution in [0.1, 0.15) is 24.2 Å². The van der Waals surface area contributed by atoms with Gasteiger partial charge in [-0.05, 0) is 30.2 Å². The summed E-state index contributed by atoms with van der Waals surface area (Å²) in [6, 6.07) is 12.4. The summed E-state index contributed by atoms with van der Waals surface area (Å²) in [5.74, 6) is 0. The van der Waals surface area contributed by atoms with Gasteiger partial charge in [0.25, 0.3) is 0 Å². The Labute approximate surface area is 123 Å². The SMILES string of the molecule is CC(NC(=O)OCc1ccccc1)C(O)c1ccncc1. The number of aliphatic hydroxyl groups excluding tert-OH is 1. The first-order valence-electron chi connectivity index (χ1n) is 6.72. The van der Waals surface area contributed by atoms with Crippen molar-refractivity contribution in [3.63, 3.8) is 0 Å². The third kappa shape index (κ3) is 4.57. The number of hydrogen-bond donors (Lipinski definition) is 2. The standard InChI is InChI=1S/C16H18N2O3/c1-12(15(19)14-7-9-17-10-8-14)18-16(20)21-11-13-5-3-2-4-6-13/h2-10,12,15,19H,11H2,1H3,(H,18,20). The Balaban J connectivity index is 1.82. The largest absolute Gasteiger partial charge is 0.445 e. The van der Waals surface area contributed by atoms with Crippen molar-refractivity contribution in [2.75, 3.05) is 0 Å². The van der Waals surface area contributed by atoms with Gasteiger partial charge >= 0.3 is 6.09 Å². The Morgan fingerprint density at radius 3 is 2.57 bits per heavy atom. The van der Waals surface area contributed by atoms with Gasteiger partial charge in [0.2, 0.25) is 0 Å². The van der Waals surface area contributed by atoms with E-state index in [0.29, 0.717) is 5.56 Å². The summed E-state index contributed by atoms with van der Waals surface area (Å²) < 4.78 is 5.11. The Morgan fingerprint density at radius 1 is 1.24 bits per heavy atom. The lowest BCUT2D eigenvalue weighted by Gasteiger charge is -2.20. The second kappa shape index (κ2) is 7.40. The van der Waals surface area contributed by atoms with Gasteiger partial charge in [-0.2, -0.15) is 0 Å². The quantitative estimate of drug-likeness (QED) is 0.885. The Hall–Kier alpha value is -2.40. The van der Waals surface area contributed by atoms with Gasteiger partial charge in [-0.1, -0.05) is 30.3 Å². The van der Waals surface area contributed by atoms with Crippen LogP contribution in [0.2, 0.25) is 0 Å². The molecule has 2 atom stereocenters. The van der Waals surface area contributed by atoms with Crippen molar-refractivity contribution >= 4 is 6.09 Å². The summed E-state index contributed by atoms with van der Waals surface area (Å²) in [7, 11) is 0. The molecule has 0 saturated carbocycles. The van der Waals surface area contributed by atoms with Crippen LogP contribution in [0.15, 0.2) is 54.9 Å². The lowest BCUT2D eigenvalue weighted by atomic mass is 10.1. The van der Waals surface area contributed by atoms with Crippen molar-refractivity contribution in [3.8, 4) is 0 Å². The van der Waals surface area contributed by atoms with Gasteiger partial charge < -0.3 is 15.2 Å². The molecular weight excluding hydrogens is 268 g/mol. The maximum absolute atomic E-state index is 11.7. The third-order valence-electron chi connectivity index (χ3n) is 3.08. The molecule has 5 heteroatoms. The van der Waals surface area contributed by atoms with Crippen molar-refractivity contribution in [3.05, 3.63) is 66.0 Å². The molecule has 0 aliphatic heterocycles. The molecule has 1 aromatic carbocycles. The van der Waals surface area contributed by atoms with E-state index in [1.54, 1.807) is 31.5 Å². The van der Waals surface area contributed by atoms with Crippen molar-refractivity contribution in [1.29, 1.82) is 0 Å². The molecule has 21 heavy (non-hydrogen) atoms. The number of benzene rings is 1. The zero-order chi connectivity index (χ0) is 15.1. The molecule has 1 aromatic heterocycles. The summed E-state index contributed by atoms with van der Waals surface area (Å²) in [5, 5.41) is 12.7. The van der Waals surface area contributed by atoms with Crippen LogP contribution in [-0.4, -0.2) is 22.2 Å². The summed E-state index contributed by atoms with van der Waals surface area (Å²) in [4.78, 5) is 15.6. The van der Waals surface area contributed by atoms with Crippen LogP contribution < -0.4 is 5.32 Å². The molecule has 0 bridgehead atoms. The van der Waals surface area contributed by atoms with Gasteiger partial charge in [-0.25, -0.2) is 4.79 Å². The number of ether oxygens (including phenoxy) is 1. The Kier molecular flexibility index (Phi) is 5.29. The summed E-state index contributed by atoms with van der Waals surface area (Å²) in [6.45, 7) is 1.92. The molecule has 0 aliphatic rings. The topological polar surface area (TPSA) is 71.5 Å². The molecule has 5 nitrogen and oxygen atoms in total. The first-order chi connectivity index (χ1) is 10.2.